The average Bonchev–Trinajstić information content (AvgIpc) is 1.62. The van der Waals surface area contributed by atoms with Gasteiger partial charge in [-0.25, -0.2) is 0 Å². The van der Waals surface area contributed by atoms with Crippen LogP contribution in [0.15, 0.2) is 0 Å². The van der Waals surface area contributed by atoms with Crippen molar-refractivity contribution in [3.63, 3.8) is 0 Å². The van der Waals surface area contributed by atoms with Gasteiger partial charge in [-0.15, -0.1) is 0 Å². The van der Waals surface area contributed by atoms with Crippen molar-refractivity contribution >= 4 is 53.7 Å². The Labute approximate surface area is 616 Å². The number of esters is 9. The Morgan fingerprint density at radius 2 is 0.843 bits per heavy atom. The van der Waals surface area contributed by atoms with Crippen LogP contribution >= 0.6 is 0 Å². The first kappa shape index (κ1) is 91.4. The van der Waals surface area contributed by atoms with E-state index in [-0.39, 0.29) is 102 Å². The van der Waals surface area contributed by atoms with Crippen molar-refractivity contribution in [1.82, 2.24) is 0 Å². The highest BCUT2D eigenvalue weighted by molar-refractivity contribution is 5.79. The van der Waals surface area contributed by atoms with Crippen LogP contribution in [0.2, 0.25) is 0 Å². The number of cyclic esters (lactones) is 4. The molecule has 14 bridgehead atoms. The molecule has 0 radical (unpaired) electrons. The van der Waals surface area contributed by atoms with Gasteiger partial charge in [0.05, 0.1) is 74.0 Å². The lowest BCUT2D eigenvalue weighted by atomic mass is 9.65. The molecule has 19 nitrogen and oxygen atoms in total. The van der Waals surface area contributed by atoms with E-state index in [1.807, 2.05) is 111 Å². The summed E-state index contributed by atoms with van der Waals surface area (Å²) in [6, 6.07) is 0. The molecule has 102 heavy (non-hydrogen) atoms. The van der Waals surface area contributed by atoms with E-state index in [9.17, 15) is 43.2 Å². The van der Waals surface area contributed by atoms with E-state index in [4.69, 9.17) is 37.9 Å². The lowest BCUT2D eigenvalue weighted by Gasteiger charge is -2.38. The minimum absolute atomic E-state index is 0.0324. The first-order chi connectivity index (χ1) is 49.7. The SMILES string of the molecule is CC.CC.CC.CC.CC.CC.CC.CC.CCC.O=C1CCCCO1.O=C1CCCO1.O=C1OC2CC3CC1C2C3.O=C1OC2CC3CC1C2O3.O=C1OC2CC3CCC2C1C3.O=C1OC2CCC1CC2.O=C1OC2CCCC1C2.O=C1OCC2C3CCC(C3)C12.O=C1OCC2CCCCC12. The second-order valence-electron chi connectivity index (χ2n) is 28.2. The lowest BCUT2D eigenvalue weighted by molar-refractivity contribution is -0.168. The first-order valence-corrected chi connectivity index (χ1v) is 42.0. The molecule has 20 unspecified atom stereocenters. The average molecular weight is 1450 g/mol. The van der Waals surface area contributed by atoms with Gasteiger partial charge in [0.25, 0.3) is 0 Å². The normalized spacial score (nSPS) is 36.7. The van der Waals surface area contributed by atoms with E-state index >= 15 is 0 Å². The van der Waals surface area contributed by atoms with E-state index in [2.05, 4.69) is 23.3 Å². The zero-order valence-electron chi connectivity index (χ0n) is 67.0. The van der Waals surface area contributed by atoms with Gasteiger partial charge in [-0.2, -0.15) is 0 Å². The summed E-state index contributed by atoms with van der Waals surface area (Å²) >= 11 is 0. The van der Waals surface area contributed by atoms with Crippen LogP contribution in [0.25, 0.3) is 0 Å². The Bertz CT molecular complexity index is 2350. The topological polar surface area (TPSA) is 246 Å². The van der Waals surface area contributed by atoms with Crippen LogP contribution < -0.4 is 0 Å². The van der Waals surface area contributed by atoms with Crippen LogP contribution in [0.1, 0.15) is 317 Å². The van der Waals surface area contributed by atoms with Crippen LogP contribution in [-0.2, 0) is 90.5 Å². The summed E-state index contributed by atoms with van der Waals surface area (Å²) < 4.78 is 50.3. The predicted octanol–water partition coefficient (Wildman–Crippen LogP) is 17.8. The Morgan fingerprint density at radius 3 is 1.28 bits per heavy atom. The fourth-order valence-corrected chi connectivity index (χ4v) is 18.1. The molecule has 10 aliphatic carbocycles. The van der Waals surface area contributed by atoms with E-state index in [1.54, 1.807) is 0 Å². The number of hydrogen-bond donors (Lipinski definition) is 0. The summed E-state index contributed by atoms with van der Waals surface area (Å²) in [5, 5.41) is 0. The molecular weight excluding hydrogens is 1300 g/mol. The number of rotatable bonds is 0. The van der Waals surface area contributed by atoms with Crippen LogP contribution in [0.3, 0.4) is 0 Å². The molecular formula is C83H144O19. The fraction of sp³-hybridized carbons (Fsp3) is 0.892. The van der Waals surface area contributed by atoms with Crippen molar-refractivity contribution in [1.29, 1.82) is 0 Å². The number of fused-ring (bicyclic) bond motifs is 14. The molecule has 22 rings (SSSR count). The van der Waals surface area contributed by atoms with Crippen molar-refractivity contribution in [2.75, 3.05) is 26.4 Å². The third-order valence-corrected chi connectivity index (χ3v) is 22.4. The van der Waals surface area contributed by atoms with E-state index in [1.165, 1.54) is 70.6 Å². The largest absolute Gasteiger partial charge is 0.466 e. The minimum Gasteiger partial charge on any atom is -0.466 e. The Kier molecular flexibility index (Phi) is 44.7. The molecule has 12 aliphatic heterocycles. The number of carbonyl (C=O) groups excluding carboxylic acids is 9. The van der Waals surface area contributed by atoms with Gasteiger partial charge < -0.3 is 47.4 Å². The van der Waals surface area contributed by atoms with Crippen molar-refractivity contribution in [2.24, 2.45) is 88.8 Å². The minimum atomic E-state index is -0.0463. The smallest absolute Gasteiger partial charge is 0.312 e. The van der Waals surface area contributed by atoms with Crippen LogP contribution in [0, 0.1) is 88.8 Å². The molecule has 20 atom stereocenters. The highest BCUT2D eigenvalue weighted by Crippen LogP contribution is 2.56. The van der Waals surface area contributed by atoms with Crippen LogP contribution in [0.5, 0.6) is 0 Å². The molecule has 0 N–H and O–H groups in total. The third kappa shape index (κ3) is 25.7. The maximum absolute atomic E-state index is 11.2. The van der Waals surface area contributed by atoms with Gasteiger partial charge in [0.1, 0.15) is 36.6 Å². The number of carbonyl (C=O) groups is 9. The Balaban J connectivity index is 0.000000291. The van der Waals surface area contributed by atoms with Gasteiger partial charge in [0, 0.05) is 42.9 Å². The monoisotopic (exact) mass is 1450 g/mol. The number of hydrogen-bond acceptors (Lipinski definition) is 19. The van der Waals surface area contributed by atoms with E-state index < -0.39 is 0 Å². The molecule has 10 saturated carbocycles. The van der Waals surface area contributed by atoms with E-state index in [0.29, 0.717) is 98.3 Å². The standard InChI is InChI=1S/2C9H12O2.C8H10O2.C8H12O2.C7H8O3.2C7H10O2.C5H8O2.C4H6O2.C3H8.8C2H6/c10-9-8-6-2-1-5(3-6)7(8)4-11-9;10-9-7-3-5-1-2-6(7)8(4-5)11-9;9-8-6-2-4-1-5(6)7(3-4)10-8;9-8-7-4-2-1-3-6(7)5-10-8;8-7-4-1-3-2-5(10-7)6(4)9-3;8-7-5-1-3-6(9-7)4-2-5;8-7-5-2-1-3-6(4-5)9-7;6-5-3-1-2-4-7-5;5-4-2-1-3-6-4;1-3-2;8*1-2/h2*5-8H,1-4H2;4-7H,1-3H2;6-7H,1-5H2;3-6H,1-2H2;2*5-6H,1-4H2;1-4H2;1-3H2;3H2,1-2H3;8*1-2H3. The van der Waals surface area contributed by atoms with Gasteiger partial charge in [-0.05, 0) is 178 Å². The lowest BCUT2D eigenvalue weighted by Crippen LogP contribution is -2.37. The van der Waals surface area contributed by atoms with Crippen molar-refractivity contribution in [3.05, 3.63) is 0 Å². The summed E-state index contributed by atoms with van der Waals surface area (Å²) in [5.41, 5.74) is 0. The highest BCUT2D eigenvalue weighted by atomic mass is 16.6. The van der Waals surface area contributed by atoms with Gasteiger partial charge in [0.2, 0.25) is 0 Å². The summed E-state index contributed by atoms with van der Waals surface area (Å²) in [5.74, 6) is 7.72. The molecule has 22 fully saturated rings. The molecule has 590 valence electrons. The molecule has 19 heteroatoms. The van der Waals surface area contributed by atoms with Gasteiger partial charge >= 0.3 is 53.7 Å². The molecule has 12 heterocycles. The molecule has 0 amide bonds. The molecule has 0 aromatic rings. The van der Waals surface area contributed by atoms with Crippen LogP contribution in [-0.4, -0.2) is 123 Å². The molecule has 0 aromatic carbocycles. The zero-order chi connectivity index (χ0) is 76.0. The maximum atomic E-state index is 11.2. The quantitative estimate of drug-likeness (QED) is 0.162. The van der Waals surface area contributed by atoms with Gasteiger partial charge in [-0.3, -0.25) is 43.2 Å². The van der Waals surface area contributed by atoms with E-state index in [0.717, 1.165) is 134 Å². The predicted molar refractivity (Wildman–Crippen MR) is 395 cm³/mol. The van der Waals surface area contributed by atoms with Crippen molar-refractivity contribution in [2.45, 2.75) is 360 Å². The molecule has 12 saturated heterocycles. The molecule has 22 aliphatic rings. The first-order valence-electron chi connectivity index (χ1n) is 42.0. The molecule has 0 spiro atoms. The fourth-order valence-electron chi connectivity index (χ4n) is 18.1. The van der Waals surface area contributed by atoms with Crippen molar-refractivity contribution in [3.8, 4) is 0 Å². The Hall–Kier alpha value is -4.81. The van der Waals surface area contributed by atoms with Crippen molar-refractivity contribution < 1.29 is 90.5 Å². The highest BCUT2D eigenvalue weighted by Gasteiger charge is 2.59. The maximum Gasteiger partial charge on any atom is 0.312 e. The summed E-state index contributed by atoms with van der Waals surface area (Å²) in [4.78, 5) is 97.4. The number of ether oxygens (including phenoxy) is 10. The zero-order valence-corrected chi connectivity index (χ0v) is 67.0. The molecule has 0 aromatic heterocycles. The Morgan fingerprint density at radius 1 is 0.304 bits per heavy atom. The second kappa shape index (κ2) is 49.9. The summed E-state index contributed by atoms with van der Waals surface area (Å²) in [6.45, 7) is 39.0. The summed E-state index contributed by atoms with van der Waals surface area (Å²) in [6.07, 6.45) is 34.9. The third-order valence-electron chi connectivity index (χ3n) is 22.4. The van der Waals surface area contributed by atoms with Gasteiger partial charge in [-0.1, -0.05) is 144 Å². The summed E-state index contributed by atoms with van der Waals surface area (Å²) in [7, 11) is 0. The van der Waals surface area contributed by atoms with Crippen LogP contribution in [0.4, 0.5) is 0 Å². The second-order valence-corrected chi connectivity index (χ2v) is 28.2. The van der Waals surface area contributed by atoms with Gasteiger partial charge in [0.15, 0.2) is 0 Å².